The number of hydrogen-bond acceptors (Lipinski definition) is 5. The third kappa shape index (κ3) is 4.61. The van der Waals surface area contributed by atoms with Crippen LogP contribution >= 0.6 is 0 Å². The smallest absolute Gasteiger partial charge is 0.233 e. The first-order valence-electron chi connectivity index (χ1n) is 6.53. The van der Waals surface area contributed by atoms with Gasteiger partial charge in [0.25, 0.3) is 0 Å². The highest BCUT2D eigenvalue weighted by atomic mass is 16.2. The molecule has 20 heavy (non-hydrogen) atoms. The molecule has 4 amide bonds. The molecule has 0 spiro atoms. The van der Waals surface area contributed by atoms with Crippen LogP contribution in [-0.2, 0) is 19.2 Å². The van der Waals surface area contributed by atoms with Gasteiger partial charge in [0.15, 0.2) is 0 Å². The van der Waals surface area contributed by atoms with Gasteiger partial charge >= 0.3 is 0 Å². The van der Waals surface area contributed by atoms with E-state index in [0.717, 1.165) is 0 Å². The molecule has 1 saturated heterocycles. The van der Waals surface area contributed by atoms with E-state index in [-0.39, 0.29) is 68.6 Å². The van der Waals surface area contributed by atoms with Crippen LogP contribution < -0.4 is 16.4 Å². The molecule has 1 heterocycles. The third-order valence-corrected chi connectivity index (χ3v) is 2.99. The van der Waals surface area contributed by atoms with Crippen LogP contribution in [0, 0.1) is 5.92 Å². The molecular weight excluding hydrogens is 264 g/mol. The largest absolute Gasteiger partial charge is 0.354 e. The Hall–Kier alpha value is -1.96. The molecule has 1 unspecified atom stereocenters. The highest BCUT2D eigenvalue weighted by Gasteiger charge is 2.34. The summed E-state index contributed by atoms with van der Waals surface area (Å²) in [5, 5.41) is 5.06. The van der Waals surface area contributed by atoms with Crippen LogP contribution in [0.25, 0.3) is 0 Å². The monoisotopic (exact) mass is 284 g/mol. The lowest BCUT2D eigenvalue weighted by atomic mass is 10.1. The van der Waals surface area contributed by atoms with Gasteiger partial charge in [-0.25, -0.2) is 0 Å². The van der Waals surface area contributed by atoms with E-state index in [1.165, 1.54) is 4.90 Å². The van der Waals surface area contributed by atoms with Crippen molar-refractivity contribution in [3.05, 3.63) is 0 Å². The first-order valence-corrected chi connectivity index (χ1v) is 6.53. The van der Waals surface area contributed by atoms with Crippen molar-refractivity contribution in [1.29, 1.82) is 0 Å². The molecule has 0 bridgehead atoms. The highest BCUT2D eigenvalue weighted by molar-refractivity contribution is 6.03. The van der Waals surface area contributed by atoms with Crippen LogP contribution in [0.1, 0.15) is 19.8 Å². The summed E-state index contributed by atoms with van der Waals surface area (Å²) in [6, 6.07) is 0. The molecule has 1 rings (SSSR count). The Morgan fingerprint density at radius 2 is 1.90 bits per heavy atom. The molecule has 0 aromatic heterocycles. The normalized spacial score (nSPS) is 18.3. The molecule has 4 N–H and O–H groups in total. The molecule has 0 aliphatic carbocycles. The average Bonchev–Trinajstić information content (AvgIpc) is 2.64. The fourth-order valence-electron chi connectivity index (χ4n) is 1.87. The Morgan fingerprint density at radius 3 is 2.45 bits per heavy atom. The number of carbonyl (C=O) groups is 4. The van der Waals surface area contributed by atoms with Gasteiger partial charge in [-0.1, -0.05) is 6.92 Å². The molecule has 0 radical (unpaired) electrons. The summed E-state index contributed by atoms with van der Waals surface area (Å²) in [5.41, 5.74) is 5.09. The molecule has 1 aliphatic rings. The van der Waals surface area contributed by atoms with Crippen LogP contribution in [0.5, 0.6) is 0 Å². The molecule has 1 fully saturated rings. The summed E-state index contributed by atoms with van der Waals surface area (Å²) in [6.07, 6.45) is 0.363. The predicted octanol–water partition coefficient (Wildman–Crippen LogP) is -2.04. The van der Waals surface area contributed by atoms with Crippen molar-refractivity contribution >= 4 is 23.6 Å². The van der Waals surface area contributed by atoms with Crippen molar-refractivity contribution in [2.75, 3.05) is 26.2 Å². The fraction of sp³-hybridized carbons (Fsp3) is 0.667. The van der Waals surface area contributed by atoms with Crippen LogP contribution in [0.2, 0.25) is 0 Å². The Bertz CT molecular complexity index is 410. The predicted molar refractivity (Wildman–Crippen MR) is 70.2 cm³/mol. The zero-order valence-corrected chi connectivity index (χ0v) is 11.5. The van der Waals surface area contributed by atoms with Crippen molar-refractivity contribution in [3.8, 4) is 0 Å². The molecule has 1 atom stereocenters. The number of nitrogens with two attached hydrogens (primary N) is 1. The molecule has 8 heteroatoms. The van der Waals surface area contributed by atoms with E-state index in [9.17, 15) is 19.2 Å². The van der Waals surface area contributed by atoms with Crippen molar-refractivity contribution in [1.82, 2.24) is 15.5 Å². The van der Waals surface area contributed by atoms with Crippen molar-refractivity contribution < 1.29 is 19.2 Å². The van der Waals surface area contributed by atoms with E-state index >= 15 is 0 Å². The summed E-state index contributed by atoms with van der Waals surface area (Å²) < 4.78 is 0. The Labute approximate surface area is 117 Å². The standard InChI is InChI=1S/C12H20N4O4/c1-8-6-11(19)16(12(8)20)5-4-15-9(17)2-3-14-10(18)7-13/h8H,2-7,13H2,1H3,(H,14,18)(H,15,17). The molecule has 0 aromatic rings. The Balaban J connectivity index is 2.17. The van der Waals surface area contributed by atoms with Gasteiger partial charge in [-0.15, -0.1) is 0 Å². The maximum atomic E-state index is 11.6. The SMILES string of the molecule is CC1CC(=O)N(CCNC(=O)CCNC(=O)CN)C1=O. The van der Waals surface area contributed by atoms with Gasteiger partial charge < -0.3 is 16.4 Å². The lowest BCUT2D eigenvalue weighted by molar-refractivity contribution is -0.139. The number of imide groups is 1. The molecule has 0 aromatic carbocycles. The first kappa shape index (κ1) is 16.1. The van der Waals surface area contributed by atoms with Crippen molar-refractivity contribution in [3.63, 3.8) is 0 Å². The minimum atomic E-state index is -0.319. The summed E-state index contributed by atoms with van der Waals surface area (Å²) in [6.45, 7) is 2.20. The second-order valence-electron chi connectivity index (χ2n) is 4.64. The molecule has 8 nitrogen and oxygen atoms in total. The molecular formula is C12H20N4O4. The topological polar surface area (TPSA) is 122 Å². The Morgan fingerprint density at radius 1 is 1.25 bits per heavy atom. The molecule has 112 valence electrons. The lowest BCUT2D eigenvalue weighted by Crippen LogP contribution is -2.39. The van der Waals surface area contributed by atoms with E-state index in [4.69, 9.17) is 5.73 Å². The third-order valence-electron chi connectivity index (χ3n) is 2.99. The summed E-state index contributed by atoms with van der Waals surface area (Å²) in [5.74, 6) is -1.24. The average molecular weight is 284 g/mol. The van der Waals surface area contributed by atoms with Gasteiger partial charge in [0.1, 0.15) is 0 Å². The van der Waals surface area contributed by atoms with Crippen molar-refractivity contribution in [2.45, 2.75) is 19.8 Å². The second-order valence-corrected chi connectivity index (χ2v) is 4.64. The van der Waals surface area contributed by atoms with Gasteiger partial charge in [0.05, 0.1) is 6.54 Å². The fourth-order valence-corrected chi connectivity index (χ4v) is 1.87. The van der Waals surface area contributed by atoms with E-state index < -0.39 is 0 Å². The Kier molecular flexibility index (Phi) is 6.10. The quantitative estimate of drug-likeness (QED) is 0.465. The number of hydrogen-bond donors (Lipinski definition) is 3. The molecule has 0 saturated carbocycles. The van der Waals surface area contributed by atoms with Gasteiger partial charge in [0.2, 0.25) is 23.6 Å². The van der Waals surface area contributed by atoms with Gasteiger partial charge in [-0.3, -0.25) is 24.1 Å². The number of rotatable bonds is 7. The minimum Gasteiger partial charge on any atom is -0.354 e. The van der Waals surface area contributed by atoms with Crippen LogP contribution in [0.4, 0.5) is 0 Å². The van der Waals surface area contributed by atoms with Crippen molar-refractivity contribution in [2.24, 2.45) is 11.7 Å². The maximum Gasteiger partial charge on any atom is 0.233 e. The number of nitrogens with one attached hydrogen (secondary N) is 2. The number of amides is 4. The number of nitrogens with zero attached hydrogens (tertiary/aromatic N) is 1. The van der Waals surface area contributed by atoms with Crippen LogP contribution in [0.3, 0.4) is 0 Å². The van der Waals surface area contributed by atoms with Crippen LogP contribution in [0.15, 0.2) is 0 Å². The summed E-state index contributed by atoms with van der Waals surface area (Å²) in [7, 11) is 0. The molecule has 1 aliphatic heterocycles. The van der Waals surface area contributed by atoms with Gasteiger partial charge in [-0.2, -0.15) is 0 Å². The van der Waals surface area contributed by atoms with E-state index in [0.29, 0.717) is 0 Å². The lowest BCUT2D eigenvalue weighted by Gasteiger charge is -2.14. The zero-order valence-electron chi connectivity index (χ0n) is 11.5. The van der Waals surface area contributed by atoms with Gasteiger partial charge in [-0.05, 0) is 0 Å². The van der Waals surface area contributed by atoms with Crippen LogP contribution in [-0.4, -0.2) is 54.7 Å². The summed E-state index contributed by atoms with van der Waals surface area (Å²) >= 11 is 0. The van der Waals surface area contributed by atoms with Gasteiger partial charge in [0, 0.05) is 38.4 Å². The number of carbonyl (C=O) groups excluding carboxylic acids is 4. The van der Waals surface area contributed by atoms with E-state index in [2.05, 4.69) is 10.6 Å². The van der Waals surface area contributed by atoms with E-state index in [1.807, 2.05) is 0 Å². The highest BCUT2D eigenvalue weighted by Crippen LogP contribution is 2.17. The number of likely N-dealkylation sites (tertiary alicyclic amines) is 1. The van der Waals surface area contributed by atoms with E-state index in [1.54, 1.807) is 6.92 Å². The minimum absolute atomic E-state index is 0.112. The summed E-state index contributed by atoms with van der Waals surface area (Å²) in [4.78, 5) is 46.5. The maximum absolute atomic E-state index is 11.6. The first-order chi connectivity index (χ1) is 9.45. The zero-order chi connectivity index (χ0) is 15.1. The second kappa shape index (κ2) is 7.59.